The monoisotopic (exact) mass is 301 g/mol. The third kappa shape index (κ3) is 3.45. The molecule has 0 fully saturated rings. The van der Waals surface area contributed by atoms with Crippen LogP contribution in [-0.2, 0) is 6.42 Å². The van der Waals surface area contributed by atoms with Crippen LogP contribution in [0.1, 0.15) is 39.5 Å². The van der Waals surface area contributed by atoms with E-state index in [2.05, 4.69) is 12.2 Å². The molecule has 0 bridgehead atoms. The standard InChI is InChI=1S/C18H20ClNO/c1-5-16-13(4)8-14(10-17(16)19)18(21)20-15-7-6-11(2)12(3)9-15/h6-10H,5H2,1-4H3,(H,20,21). The second kappa shape index (κ2) is 6.31. The average molecular weight is 302 g/mol. The van der Waals surface area contributed by atoms with E-state index in [-0.39, 0.29) is 5.91 Å². The van der Waals surface area contributed by atoms with Crippen LogP contribution in [0.25, 0.3) is 0 Å². The van der Waals surface area contributed by atoms with Gasteiger partial charge in [-0.25, -0.2) is 0 Å². The molecule has 0 spiro atoms. The Morgan fingerprint density at radius 3 is 2.33 bits per heavy atom. The second-order valence-electron chi connectivity index (χ2n) is 5.36. The Morgan fingerprint density at radius 1 is 1.05 bits per heavy atom. The van der Waals surface area contributed by atoms with E-state index >= 15 is 0 Å². The summed E-state index contributed by atoms with van der Waals surface area (Å²) in [6.45, 7) is 8.12. The van der Waals surface area contributed by atoms with Crippen LogP contribution >= 0.6 is 11.6 Å². The summed E-state index contributed by atoms with van der Waals surface area (Å²) in [4.78, 5) is 12.3. The third-order valence-electron chi connectivity index (χ3n) is 3.80. The minimum absolute atomic E-state index is 0.133. The Hall–Kier alpha value is -1.80. The second-order valence-corrected chi connectivity index (χ2v) is 5.77. The highest BCUT2D eigenvalue weighted by Crippen LogP contribution is 2.23. The van der Waals surface area contributed by atoms with Gasteiger partial charge in [0.15, 0.2) is 0 Å². The molecule has 110 valence electrons. The SMILES string of the molecule is CCc1c(C)cc(C(=O)Nc2ccc(C)c(C)c2)cc1Cl. The van der Waals surface area contributed by atoms with Crippen molar-refractivity contribution >= 4 is 23.2 Å². The zero-order chi connectivity index (χ0) is 15.6. The van der Waals surface area contributed by atoms with Crippen LogP contribution in [0.3, 0.4) is 0 Å². The number of nitrogens with one attached hydrogen (secondary N) is 1. The van der Waals surface area contributed by atoms with Crippen LogP contribution in [0.15, 0.2) is 30.3 Å². The lowest BCUT2D eigenvalue weighted by atomic mass is 10.0. The number of benzene rings is 2. The fraction of sp³-hybridized carbons (Fsp3) is 0.278. The topological polar surface area (TPSA) is 29.1 Å². The summed E-state index contributed by atoms with van der Waals surface area (Å²) in [7, 11) is 0. The first-order chi connectivity index (χ1) is 9.92. The molecule has 2 rings (SSSR count). The highest BCUT2D eigenvalue weighted by atomic mass is 35.5. The van der Waals surface area contributed by atoms with Crippen molar-refractivity contribution in [1.82, 2.24) is 0 Å². The van der Waals surface area contributed by atoms with Crippen LogP contribution in [0, 0.1) is 20.8 Å². The summed E-state index contributed by atoms with van der Waals surface area (Å²) in [5, 5.41) is 3.58. The van der Waals surface area contributed by atoms with Crippen molar-refractivity contribution in [2.24, 2.45) is 0 Å². The fourth-order valence-electron chi connectivity index (χ4n) is 2.38. The largest absolute Gasteiger partial charge is 0.322 e. The van der Waals surface area contributed by atoms with Gasteiger partial charge in [-0.15, -0.1) is 0 Å². The number of hydrogen-bond acceptors (Lipinski definition) is 1. The molecule has 0 unspecified atom stereocenters. The van der Waals surface area contributed by atoms with E-state index in [4.69, 9.17) is 11.6 Å². The Bertz CT molecular complexity index is 669. The van der Waals surface area contributed by atoms with Gasteiger partial charge in [0.05, 0.1) is 0 Å². The van der Waals surface area contributed by atoms with Gasteiger partial charge in [0.2, 0.25) is 0 Å². The van der Waals surface area contributed by atoms with Gasteiger partial charge in [0.1, 0.15) is 0 Å². The third-order valence-corrected chi connectivity index (χ3v) is 4.14. The minimum atomic E-state index is -0.133. The Kier molecular flexibility index (Phi) is 4.69. The fourth-order valence-corrected chi connectivity index (χ4v) is 2.78. The molecular weight excluding hydrogens is 282 g/mol. The number of anilines is 1. The van der Waals surface area contributed by atoms with Crippen molar-refractivity contribution in [3.63, 3.8) is 0 Å². The zero-order valence-electron chi connectivity index (χ0n) is 12.9. The molecule has 21 heavy (non-hydrogen) atoms. The summed E-state index contributed by atoms with van der Waals surface area (Å²) >= 11 is 6.25. The van der Waals surface area contributed by atoms with Crippen LogP contribution in [0.2, 0.25) is 5.02 Å². The number of rotatable bonds is 3. The van der Waals surface area contributed by atoms with Gasteiger partial charge in [0.25, 0.3) is 5.91 Å². The predicted octanol–water partition coefficient (Wildman–Crippen LogP) is 5.08. The maximum Gasteiger partial charge on any atom is 0.255 e. The van der Waals surface area contributed by atoms with Gasteiger partial charge in [-0.3, -0.25) is 4.79 Å². The molecule has 1 amide bonds. The normalized spacial score (nSPS) is 10.5. The number of carbonyl (C=O) groups excluding carboxylic acids is 1. The van der Waals surface area contributed by atoms with E-state index in [0.29, 0.717) is 10.6 Å². The molecule has 0 radical (unpaired) electrons. The molecule has 2 nitrogen and oxygen atoms in total. The molecule has 3 heteroatoms. The molecular formula is C18H20ClNO. The highest BCUT2D eigenvalue weighted by molar-refractivity contribution is 6.32. The van der Waals surface area contributed by atoms with Crippen molar-refractivity contribution in [2.75, 3.05) is 5.32 Å². The van der Waals surface area contributed by atoms with Crippen molar-refractivity contribution < 1.29 is 4.79 Å². The number of aryl methyl sites for hydroxylation is 3. The molecule has 0 saturated carbocycles. The molecule has 0 saturated heterocycles. The van der Waals surface area contributed by atoms with Crippen molar-refractivity contribution in [2.45, 2.75) is 34.1 Å². The first-order valence-electron chi connectivity index (χ1n) is 7.10. The smallest absolute Gasteiger partial charge is 0.255 e. The molecule has 0 atom stereocenters. The molecule has 2 aromatic carbocycles. The van der Waals surface area contributed by atoms with Crippen molar-refractivity contribution in [1.29, 1.82) is 0 Å². The van der Waals surface area contributed by atoms with Crippen molar-refractivity contribution in [3.05, 3.63) is 63.2 Å². The van der Waals surface area contributed by atoms with Crippen LogP contribution in [-0.4, -0.2) is 5.91 Å². The first-order valence-corrected chi connectivity index (χ1v) is 7.47. The van der Waals surface area contributed by atoms with Crippen LogP contribution in [0.5, 0.6) is 0 Å². The van der Waals surface area contributed by atoms with E-state index in [0.717, 1.165) is 28.8 Å². The summed E-state index contributed by atoms with van der Waals surface area (Å²) in [5.41, 5.74) is 5.90. The summed E-state index contributed by atoms with van der Waals surface area (Å²) in [6.07, 6.45) is 0.865. The van der Waals surface area contributed by atoms with Gasteiger partial charge in [-0.1, -0.05) is 24.6 Å². The predicted molar refractivity (Wildman–Crippen MR) is 89.4 cm³/mol. The Balaban J connectivity index is 2.26. The molecule has 0 aliphatic rings. The maximum atomic E-state index is 12.3. The van der Waals surface area contributed by atoms with E-state index < -0.39 is 0 Å². The number of halogens is 1. The molecule has 0 aromatic heterocycles. The summed E-state index contributed by atoms with van der Waals surface area (Å²) in [5.74, 6) is -0.133. The van der Waals surface area contributed by atoms with E-state index in [1.54, 1.807) is 6.07 Å². The molecule has 2 aromatic rings. The lowest BCUT2D eigenvalue weighted by Gasteiger charge is -2.11. The van der Waals surface area contributed by atoms with Gasteiger partial charge in [0, 0.05) is 16.3 Å². The quantitative estimate of drug-likeness (QED) is 0.841. The lowest BCUT2D eigenvalue weighted by Crippen LogP contribution is -2.12. The summed E-state index contributed by atoms with van der Waals surface area (Å²) in [6, 6.07) is 9.52. The van der Waals surface area contributed by atoms with Crippen LogP contribution < -0.4 is 5.32 Å². The number of hydrogen-bond donors (Lipinski definition) is 1. The minimum Gasteiger partial charge on any atom is -0.322 e. The maximum absolute atomic E-state index is 12.3. The van der Waals surface area contributed by atoms with E-state index in [9.17, 15) is 4.79 Å². The molecule has 0 heterocycles. The van der Waals surface area contributed by atoms with E-state index in [1.807, 2.05) is 45.0 Å². The number of amides is 1. The summed E-state index contributed by atoms with van der Waals surface area (Å²) < 4.78 is 0. The molecule has 0 aliphatic heterocycles. The van der Waals surface area contributed by atoms with Gasteiger partial charge < -0.3 is 5.32 Å². The van der Waals surface area contributed by atoms with Gasteiger partial charge in [-0.2, -0.15) is 0 Å². The molecule has 1 N–H and O–H groups in total. The van der Waals surface area contributed by atoms with Crippen molar-refractivity contribution in [3.8, 4) is 0 Å². The van der Waals surface area contributed by atoms with Gasteiger partial charge >= 0.3 is 0 Å². The average Bonchev–Trinajstić information content (AvgIpc) is 2.42. The van der Waals surface area contributed by atoms with Crippen LogP contribution in [0.4, 0.5) is 5.69 Å². The highest BCUT2D eigenvalue weighted by Gasteiger charge is 2.11. The lowest BCUT2D eigenvalue weighted by molar-refractivity contribution is 0.102. The first kappa shape index (κ1) is 15.6. The van der Waals surface area contributed by atoms with Gasteiger partial charge in [-0.05, 0) is 73.7 Å². The number of carbonyl (C=O) groups is 1. The Morgan fingerprint density at radius 2 is 1.76 bits per heavy atom. The van der Waals surface area contributed by atoms with E-state index in [1.165, 1.54) is 5.56 Å². The molecule has 0 aliphatic carbocycles. The zero-order valence-corrected chi connectivity index (χ0v) is 13.6. The Labute approximate surface area is 131 Å².